The molecule has 0 saturated heterocycles. The third kappa shape index (κ3) is 2.55. The van der Waals surface area contributed by atoms with Gasteiger partial charge in [-0.25, -0.2) is 0 Å². The smallest absolute Gasteiger partial charge is 0.00290 e. The van der Waals surface area contributed by atoms with Crippen LogP contribution < -0.4 is 0 Å². The van der Waals surface area contributed by atoms with Gasteiger partial charge in [0.2, 0.25) is 0 Å². The van der Waals surface area contributed by atoms with Gasteiger partial charge in [-0.1, -0.05) is 23.6 Å². The second-order valence-electron chi connectivity index (χ2n) is 5.71. The monoisotopic (exact) mass is 226 g/mol. The van der Waals surface area contributed by atoms with Crippen LogP contribution in [-0.4, -0.2) is 0 Å². The summed E-state index contributed by atoms with van der Waals surface area (Å²) in [6.45, 7) is 8.49. The third-order valence-electron chi connectivity index (χ3n) is 4.37. The van der Waals surface area contributed by atoms with Crippen molar-refractivity contribution < 1.29 is 0 Å². The van der Waals surface area contributed by atoms with E-state index >= 15 is 0 Å². The van der Waals surface area contributed by atoms with Gasteiger partial charge in [-0.05, 0) is 69.4 Å². The minimum atomic E-state index is 0.339. The van der Waals surface area contributed by atoms with Gasteiger partial charge in [-0.15, -0.1) is 6.42 Å². The molecule has 17 heavy (non-hydrogen) atoms. The summed E-state index contributed by atoms with van der Waals surface area (Å²) < 4.78 is 0. The highest BCUT2D eigenvalue weighted by molar-refractivity contribution is 5.40. The highest BCUT2D eigenvalue weighted by Crippen LogP contribution is 2.55. The number of rotatable bonds is 4. The number of allylic oxidation sites excluding steroid dienone is 5. The maximum Gasteiger partial charge on any atom is 0.00290 e. The Balaban J connectivity index is 2.13. The first-order chi connectivity index (χ1) is 8.07. The van der Waals surface area contributed by atoms with Crippen LogP contribution in [0.5, 0.6) is 0 Å². The summed E-state index contributed by atoms with van der Waals surface area (Å²) in [6, 6.07) is 0. The van der Waals surface area contributed by atoms with E-state index in [1.165, 1.54) is 54.4 Å². The molecule has 2 aliphatic carbocycles. The molecule has 0 N–H and O–H groups in total. The number of hydrogen-bond acceptors (Lipinski definition) is 0. The average molecular weight is 226 g/mol. The predicted octanol–water partition coefficient (Wildman–Crippen LogP) is 4.79. The molecule has 2 rings (SSSR count). The zero-order valence-electron chi connectivity index (χ0n) is 11.1. The molecule has 0 heteroatoms. The summed E-state index contributed by atoms with van der Waals surface area (Å²) in [7, 11) is 0. The van der Waals surface area contributed by atoms with Crippen molar-refractivity contribution in [2.24, 2.45) is 5.41 Å². The van der Waals surface area contributed by atoms with E-state index in [1.54, 1.807) is 0 Å². The molecule has 0 aliphatic heterocycles. The van der Waals surface area contributed by atoms with Crippen LogP contribution in [0.3, 0.4) is 0 Å². The van der Waals surface area contributed by atoms with Gasteiger partial charge in [-0.2, -0.15) is 0 Å². The lowest BCUT2D eigenvalue weighted by atomic mass is 9.89. The fraction of sp³-hybridized carbons (Fsp3) is 0.529. The summed E-state index contributed by atoms with van der Waals surface area (Å²) >= 11 is 0. The zero-order valence-corrected chi connectivity index (χ0v) is 11.1. The van der Waals surface area contributed by atoms with Gasteiger partial charge in [0.1, 0.15) is 0 Å². The quantitative estimate of drug-likeness (QED) is 0.477. The highest BCUT2D eigenvalue weighted by atomic mass is 14.5. The van der Waals surface area contributed by atoms with Crippen molar-refractivity contribution in [3.05, 3.63) is 34.9 Å². The van der Waals surface area contributed by atoms with Gasteiger partial charge in [-0.3, -0.25) is 0 Å². The second kappa shape index (κ2) is 4.57. The van der Waals surface area contributed by atoms with Crippen LogP contribution in [0.15, 0.2) is 34.9 Å². The molecule has 0 radical (unpaired) electrons. The molecule has 2 aliphatic rings. The second-order valence-corrected chi connectivity index (χ2v) is 5.71. The largest absolute Gasteiger partial charge is 0.115 e. The Morgan fingerprint density at radius 1 is 1.47 bits per heavy atom. The van der Waals surface area contributed by atoms with Crippen LogP contribution in [0.4, 0.5) is 0 Å². The Morgan fingerprint density at radius 3 is 2.59 bits per heavy atom. The first-order valence-corrected chi connectivity index (χ1v) is 6.59. The van der Waals surface area contributed by atoms with Gasteiger partial charge >= 0.3 is 0 Å². The lowest BCUT2D eigenvalue weighted by molar-refractivity contribution is 0.610. The Kier molecular flexibility index (Phi) is 3.29. The topological polar surface area (TPSA) is 0 Å². The fourth-order valence-electron chi connectivity index (χ4n) is 2.74. The van der Waals surface area contributed by atoms with E-state index in [1.807, 2.05) is 0 Å². The molecular formula is C17H22. The fourth-order valence-corrected chi connectivity index (χ4v) is 2.74. The SMILES string of the molecule is C#C/C(=C\C1=C(C)CCC1)CC1(C(=C)C)CC1. The van der Waals surface area contributed by atoms with Crippen molar-refractivity contribution in [2.75, 3.05) is 0 Å². The molecular weight excluding hydrogens is 204 g/mol. The highest BCUT2D eigenvalue weighted by Gasteiger charge is 2.43. The minimum Gasteiger partial charge on any atom is -0.115 e. The van der Waals surface area contributed by atoms with Gasteiger partial charge in [0.25, 0.3) is 0 Å². The van der Waals surface area contributed by atoms with Crippen molar-refractivity contribution in [2.45, 2.75) is 52.4 Å². The van der Waals surface area contributed by atoms with Crippen molar-refractivity contribution in [3.8, 4) is 12.3 Å². The van der Waals surface area contributed by atoms with Crippen LogP contribution in [0.2, 0.25) is 0 Å². The summed E-state index contributed by atoms with van der Waals surface area (Å²) in [5, 5.41) is 0. The third-order valence-corrected chi connectivity index (χ3v) is 4.37. The van der Waals surface area contributed by atoms with Crippen molar-refractivity contribution in [1.82, 2.24) is 0 Å². The van der Waals surface area contributed by atoms with Crippen LogP contribution in [0, 0.1) is 17.8 Å². The zero-order chi connectivity index (χ0) is 12.5. The van der Waals surface area contributed by atoms with Gasteiger partial charge in [0, 0.05) is 5.57 Å². The summed E-state index contributed by atoms with van der Waals surface area (Å²) in [4.78, 5) is 0. The van der Waals surface area contributed by atoms with Crippen molar-refractivity contribution in [1.29, 1.82) is 0 Å². The molecule has 0 unspecified atom stereocenters. The van der Waals surface area contributed by atoms with Crippen molar-refractivity contribution >= 4 is 0 Å². The van der Waals surface area contributed by atoms with E-state index in [0.717, 1.165) is 6.42 Å². The Bertz CT molecular complexity index is 433. The van der Waals surface area contributed by atoms with E-state index in [4.69, 9.17) is 6.42 Å². The minimum absolute atomic E-state index is 0.339. The van der Waals surface area contributed by atoms with E-state index < -0.39 is 0 Å². The molecule has 0 bridgehead atoms. The molecule has 0 aromatic carbocycles. The lowest BCUT2D eigenvalue weighted by Crippen LogP contribution is -2.02. The molecule has 1 fully saturated rings. The Hall–Kier alpha value is -1.22. The Labute approximate surface area is 105 Å². The standard InChI is InChI=1S/C17H22/c1-5-15(11-16-8-6-7-14(16)4)12-17(9-10-17)13(2)3/h1,11H,2,6-10,12H2,3-4H3/b15-11+. The first-order valence-electron chi connectivity index (χ1n) is 6.59. The molecule has 1 saturated carbocycles. The van der Waals surface area contributed by atoms with Crippen LogP contribution >= 0.6 is 0 Å². The van der Waals surface area contributed by atoms with Crippen LogP contribution in [0.25, 0.3) is 0 Å². The van der Waals surface area contributed by atoms with Crippen LogP contribution in [-0.2, 0) is 0 Å². The summed E-state index contributed by atoms with van der Waals surface area (Å²) in [6.07, 6.45) is 15.2. The number of hydrogen-bond donors (Lipinski definition) is 0. The lowest BCUT2D eigenvalue weighted by Gasteiger charge is -2.15. The number of terminal acetylenes is 1. The van der Waals surface area contributed by atoms with Crippen LogP contribution in [0.1, 0.15) is 52.4 Å². The Morgan fingerprint density at radius 2 is 2.18 bits per heavy atom. The molecule has 0 aromatic rings. The van der Waals surface area contributed by atoms with Crippen molar-refractivity contribution in [3.63, 3.8) is 0 Å². The predicted molar refractivity (Wildman–Crippen MR) is 74.6 cm³/mol. The molecule has 90 valence electrons. The molecule has 0 spiro atoms. The van der Waals surface area contributed by atoms with E-state index in [9.17, 15) is 0 Å². The van der Waals surface area contributed by atoms with E-state index in [2.05, 4.69) is 32.4 Å². The summed E-state index contributed by atoms with van der Waals surface area (Å²) in [5.74, 6) is 2.89. The molecule has 0 amide bonds. The first kappa shape index (κ1) is 12.2. The van der Waals surface area contributed by atoms with E-state index in [-0.39, 0.29) is 0 Å². The maximum atomic E-state index is 5.66. The summed E-state index contributed by atoms with van der Waals surface area (Å²) in [5.41, 5.74) is 5.82. The van der Waals surface area contributed by atoms with Gasteiger partial charge in [0.05, 0.1) is 0 Å². The molecule has 0 aromatic heterocycles. The molecule has 0 nitrogen and oxygen atoms in total. The van der Waals surface area contributed by atoms with Gasteiger partial charge in [0.15, 0.2) is 0 Å². The normalized spacial score (nSPS) is 22.5. The molecule has 0 atom stereocenters. The molecule has 0 heterocycles. The van der Waals surface area contributed by atoms with E-state index in [0.29, 0.717) is 5.41 Å². The maximum absolute atomic E-state index is 5.66. The van der Waals surface area contributed by atoms with Gasteiger partial charge < -0.3 is 0 Å². The average Bonchev–Trinajstić information content (AvgIpc) is 2.97.